The first-order valence-corrected chi connectivity index (χ1v) is 7.12. The SMILES string of the molecule is C[CH](C)[Sn][c]1cc(Cl)c(F)cn1. The standard InChI is InChI=1S/C5H2ClFN.C3H7.Sn/c6-4-1-2-8-3-5(4)7;1-3-2;/h1,3H;3H,1-2H3;. The summed E-state index contributed by atoms with van der Waals surface area (Å²) in [5.41, 5.74) is 0. The first-order valence-electron chi connectivity index (χ1n) is 3.67. The molecule has 0 aromatic carbocycles. The predicted octanol–water partition coefficient (Wildman–Crippen LogP) is 2.03. The average molecular weight is 292 g/mol. The Morgan fingerprint density at radius 3 is 2.75 bits per heavy atom. The van der Waals surface area contributed by atoms with Crippen LogP contribution in [0, 0.1) is 5.82 Å². The molecule has 1 heterocycles. The maximum atomic E-state index is 12.7. The van der Waals surface area contributed by atoms with E-state index in [9.17, 15) is 4.39 Å². The van der Waals surface area contributed by atoms with Crippen molar-refractivity contribution in [1.82, 2.24) is 4.98 Å². The van der Waals surface area contributed by atoms with Crippen LogP contribution in [0.25, 0.3) is 0 Å². The monoisotopic (exact) mass is 293 g/mol. The number of nitrogens with zero attached hydrogens (tertiary/aromatic N) is 1. The molecule has 1 aromatic rings. The van der Waals surface area contributed by atoms with Crippen LogP contribution in [0.3, 0.4) is 0 Å². The molecule has 0 spiro atoms. The van der Waals surface area contributed by atoms with Gasteiger partial charge in [0, 0.05) is 0 Å². The van der Waals surface area contributed by atoms with E-state index in [1.165, 1.54) is 6.20 Å². The van der Waals surface area contributed by atoms with E-state index in [0.717, 1.165) is 3.71 Å². The van der Waals surface area contributed by atoms with Crippen molar-refractivity contribution in [3.05, 3.63) is 23.1 Å². The van der Waals surface area contributed by atoms with E-state index in [0.29, 0.717) is 3.93 Å². The second-order valence-electron chi connectivity index (χ2n) is 2.78. The summed E-state index contributed by atoms with van der Waals surface area (Å²) in [5, 5.41) is 0.196. The molecule has 0 aliphatic rings. The molecule has 0 unspecified atom stereocenters. The minimum absolute atomic E-state index is 0.196. The Morgan fingerprint density at radius 1 is 1.58 bits per heavy atom. The molecule has 0 atom stereocenters. The van der Waals surface area contributed by atoms with E-state index in [2.05, 4.69) is 18.8 Å². The van der Waals surface area contributed by atoms with Gasteiger partial charge in [-0.15, -0.1) is 0 Å². The molecule has 0 bridgehead atoms. The van der Waals surface area contributed by atoms with Crippen molar-refractivity contribution in [2.24, 2.45) is 0 Å². The summed E-state index contributed by atoms with van der Waals surface area (Å²) in [6.07, 6.45) is 1.21. The topological polar surface area (TPSA) is 12.9 Å². The summed E-state index contributed by atoms with van der Waals surface area (Å²) in [5.74, 6) is -0.427. The van der Waals surface area contributed by atoms with E-state index in [1.807, 2.05) is 0 Å². The second-order valence-corrected chi connectivity index (χ2v) is 8.77. The van der Waals surface area contributed by atoms with E-state index in [-0.39, 0.29) is 5.02 Å². The van der Waals surface area contributed by atoms with Gasteiger partial charge in [0.1, 0.15) is 0 Å². The van der Waals surface area contributed by atoms with Crippen molar-refractivity contribution in [3.8, 4) is 0 Å². The van der Waals surface area contributed by atoms with Gasteiger partial charge < -0.3 is 0 Å². The van der Waals surface area contributed by atoms with Gasteiger partial charge in [0.2, 0.25) is 0 Å². The van der Waals surface area contributed by atoms with E-state index >= 15 is 0 Å². The minimum atomic E-state index is -0.647. The van der Waals surface area contributed by atoms with Crippen LogP contribution >= 0.6 is 11.6 Å². The molecule has 0 saturated carbocycles. The van der Waals surface area contributed by atoms with Gasteiger partial charge in [-0.3, -0.25) is 0 Å². The molecule has 0 amide bonds. The van der Waals surface area contributed by atoms with Crippen molar-refractivity contribution < 1.29 is 4.39 Å². The fraction of sp³-hybridized carbons (Fsp3) is 0.375. The van der Waals surface area contributed by atoms with Crippen molar-refractivity contribution in [3.63, 3.8) is 0 Å². The zero-order chi connectivity index (χ0) is 9.14. The van der Waals surface area contributed by atoms with Crippen LogP contribution in [0.4, 0.5) is 4.39 Å². The van der Waals surface area contributed by atoms with Gasteiger partial charge in [-0.2, -0.15) is 0 Å². The molecular weight excluding hydrogens is 283 g/mol. The molecule has 4 heteroatoms. The maximum absolute atomic E-state index is 12.7. The van der Waals surface area contributed by atoms with Crippen LogP contribution < -0.4 is 3.71 Å². The van der Waals surface area contributed by atoms with Gasteiger partial charge in [-0.05, 0) is 0 Å². The summed E-state index contributed by atoms with van der Waals surface area (Å²) in [6, 6.07) is 1.66. The van der Waals surface area contributed by atoms with Crippen LogP contribution in [-0.2, 0) is 0 Å². The molecule has 2 radical (unpaired) electrons. The Labute approximate surface area is 86.6 Å². The fourth-order valence-electron chi connectivity index (χ4n) is 0.789. The van der Waals surface area contributed by atoms with Crippen LogP contribution in [0.1, 0.15) is 13.8 Å². The van der Waals surface area contributed by atoms with Gasteiger partial charge in [0.05, 0.1) is 0 Å². The molecule has 12 heavy (non-hydrogen) atoms. The van der Waals surface area contributed by atoms with Gasteiger partial charge in [-0.25, -0.2) is 0 Å². The summed E-state index contributed by atoms with van der Waals surface area (Å²) in [6.45, 7) is 4.32. The molecule has 0 aliphatic carbocycles. The molecule has 0 fully saturated rings. The van der Waals surface area contributed by atoms with Crippen molar-refractivity contribution >= 4 is 36.5 Å². The molecule has 64 valence electrons. The van der Waals surface area contributed by atoms with Crippen molar-refractivity contribution in [2.75, 3.05) is 0 Å². The zero-order valence-electron chi connectivity index (χ0n) is 6.94. The molecule has 1 rings (SSSR count). The number of rotatable bonds is 2. The van der Waals surface area contributed by atoms with Crippen molar-refractivity contribution in [2.45, 2.75) is 17.8 Å². The van der Waals surface area contributed by atoms with Crippen LogP contribution in [0.5, 0.6) is 0 Å². The van der Waals surface area contributed by atoms with Gasteiger partial charge >= 0.3 is 86.7 Å². The Morgan fingerprint density at radius 2 is 2.25 bits per heavy atom. The van der Waals surface area contributed by atoms with E-state index in [1.54, 1.807) is 6.07 Å². The Kier molecular flexibility index (Phi) is 3.77. The quantitative estimate of drug-likeness (QED) is 0.760. The number of hydrogen-bond acceptors (Lipinski definition) is 1. The molecule has 0 aliphatic heterocycles. The predicted molar refractivity (Wildman–Crippen MR) is 49.7 cm³/mol. The first kappa shape index (κ1) is 10.3. The number of hydrogen-bond donors (Lipinski definition) is 0. The van der Waals surface area contributed by atoms with Crippen LogP contribution in [0.2, 0.25) is 8.96 Å². The summed E-state index contributed by atoms with van der Waals surface area (Å²) in [4.78, 5) is 4.00. The third-order valence-corrected chi connectivity index (χ3v) is 4.81. The summed E-state index contributed by atoms with van der Waals surface area (Å²) >= 11 is 4.96. The third kappa shape index (κ3) is 2.90. The first-order chi connectivity index (χ1) is 5.59. The number of pyridine rings is 1. The van der Waals surface area contributed by atoms with Gasteiger partial charge in [0.25, 0.3) is 0 Å². The van der Waals surface area contributed by atoms with Crippen LogP contribution in [0.15, 0.2) is 12.3 Å². The Bertz CT molecular complexity index is 278. The summed E-state index contributed by atoms with van der Waals surface area (Å²) < 4.78 is 14.4. The Hall–Kier alpha value is 0.169. The number of halogens is 2. The molecule has 1 nitrogen and oxygen atoms in total. The molecule has 0 saturated heterocycles. The molecule has 1 aromatic heterocycles. The fourth-order valence-corrected chi connectivity index (χ4v) is 3.94. The molecular formula is C8H9ClFNSn. The number of aromatic nitrogens is 1. The van der Waals surface area contributed by atoms with E-state index in [4.69, 9.17) is 11.6 Å². The second kappa shape index (κ2) is 4.42. The third-order valence-electron chi connectivity index (χ3n) is 1.25. The van der Waals surface area contributed by atoms with Gasteiger partial charge in [0.15, 0.2) is 0 Å². The van der Waals surface area contributed by atoms with E-state index < -0.39 is 27.0 Å². The normalized spacial score (nSPS) is 10.8. The van der Waals surface area contributed by atoms with Crippen molar-refractivity contribution in [1.29, 1.82) is 0 Å². The summed E-state index contributed by atoms with van der Waals surface area (Å²) in [7, 11) is 0. The average Bonchev–Trinajstić information content (AvgIpc) is 1.96. The van der Waals surface area contributed by atoms with Crippen LogP contribution in [-0.4, -0.2) is 26.1 Å². The van der Waals surface area contributed by atoms with Gasteiger partial charge in [-0.1, -0.05) is 0 Å². The Balaban J connectivity index is 2.82. The molecule has 0 N–H and O–H groups in total. The zero-order valence-corrected chi connectivity index (χ0v) is 10.5.